The molecule has 0 atom stereocenters. The van der Waals surface area contributed by atoms with Crippen LogP contribution in [-0.2, 0) is 4.79 Å². The molecular weight excluding hydrogens is 136 g/mol. The van der Waals surface area contributed by atoms with Gasteiger partial charge in [0.15, 0.2) is 6.29 Å². The molecule has 0 aromatic heterocycles. The van der Waals surface area contributed by atoms with Gasteiger partial charge in [-0.2, -0.15) is 0 Å². The molecule has 0 amide bonds. The summed E-state index contributed by atoms with van der Waals surface area (Å²) in [7, 11) is 0. The fraction of sp³-hybridized carbons (Fsp3) is 0.286. The van der Waals surface area contributed by atoms with Crippen molar-refractivity contribution >= 4 is 17.9 Å². The van der Waals surface area contributed by atoms with Crippen LogP contribution in [-0.4, -0.2) is 6.29 Å². The van der Waals surface area contributed by atoms with E-state index < -0.39 is 0 Å². The molecule has 0 aromatic carbocycles. The summed E-state index contributed by atoms with van der Waals surface area (Å²) in [6.45, 7) is 1.91. The lowest BCUT2D eigenvalue weighted by Gasteiger charge is -1.90. The van der Waals surface area contributed by atoms with Gasteiger partial charge in [-0.3, -0.25) is 4.79 Å². The van der Waals surface area contributed by atoms with Crippen LogP contribution >= 0.6 is 11.6 Å². The summed E-state index contributed by atoms with van der Waals surface area (Å²) < 4.78 is 0. The molecule has 0 bridgehead atoms. The molecule has 1 aliphatic carbocycles. The molecule has 0 aliphatic heterocycles. The van der Waals surface area contributed by atoms with Gasteiger partial charge in [0.1, 0.15) is 0 Å². The van der Waals surface area contributed by atoms with Gasteiger partial charge in [-0.1, -0.05) is 23.3 Å². The summed E-state index contributed by atoms with van der Waals surface area (Å²) in [5.41, 5.74) is 1.73. The van der Waals surface area contributed by atoms with Crippen molar-refractivity contribution in [2.24, 2.45) is 0 Å². The molecule has 9 heavy (non-hydrogen) atoms. The van der Waals surface area contributed by atoms with Crippen LogP contribution < -0.4 is 0 Å². The van der Waals surface area contributed by atoms with Crippen LogP contribution in [0.1, 0.15) is 13.3 Å². The Kier molecular flexibility index (Phi) is 1.72. The van der Waals surface area contributed by atoms with E-state index in [1.54, 1.807) is 0 Å². The number of aldehydes is 1. The van der Waals surface area contributed by atoms with Crippen molar-refractivity contribution in [1.29, 1.82) is 0 Å². The minimum Gasteiger partial charge on any atom is -0.298 e. The summed E-state index contributed by atoms with van der Waals surface area (Å²) in [4.78, 5) is 10.2. The molecule has 0 fully saturated rings. The van der Waals surface area contributed by atoms with Gasteiger partial charge in [-0.15, -0.1) is 0 Å². The molecule has 0 spiro atoms. The maximum Gasteiger partial charge on any atom is 0.151 e. The lowest BCUT2D eigenvalue weighted by atomic mass is 10.2. The van der Waals surface area contributed by atoms with Crippen LogP contribution in [0.15, 0.2) is 22.3 Å². The molecule has 0 unspecified atom stereocenters. The fourth-order valence-corrected chi connectivity index (χ4v) is 1.11. The van der Waals surface area contributed by atoms with Crippen LogP contribution in [0.25, 0.3) is 0 Å². The third kappa shape index (κ3) is 1.06. The van der Waals surface area contributed by atoms with Crippen molar-refractivity contribution in [2.45, 2.75) is 13.3 Å². The Morgan fingerprint density at radius 2 is 2.44 bits per heavy atom. The first kappa shape index (κ1) is 6.56. The second kappa shape index (κ2) is 2.36. The maximum atomic E-state index is 10.2. The third-order valence-corrected chi connectivity index (χ3v) is 1.78. The zero-order chi connectivity index (χ0) is 6.85. The number of hydrogen-bond acceptors (Lipinski definition) is 1. The summed E-state index contributed by atoms with van der Waals surface area (Å²) in [5, 5.41) is 0.600. The smallest absolute Gasteiger partial charge is 0.151 e. The Labute approximate surface area is 59.0 Å². The number of allylic oxidation sites excluding steroid dienone is 4. The zero-order valence-corrected chi connectivity index (χ0v) is 5.90. The van der Waals surface area contributed by atoms with Crippen LogP contribution in [0.2, 0.25) is 0 Å². The average Bonchev–Trinajstić information content (AvgIpc) is 2.12. The standard InChI is InChI=1S/C7H7ClO/c1-5-2-3-7(8)6(5)4-9/h3-4H,2H2,1H3. The van der Waals surface area contributed by atoms with Crippen LogP contribution in [0.3, 0.4) is 0 Å². The van der Waals surface area contributed by atoms with E-state index in [2.05, 4.69) is 0 Å². The van der Waals surface area contributed by atoms with E-state index >= 15 is 0 Å². The van der Waals surface area contributed by atoms with Gasteiger partial charge in [0, 0.05) is 10.6 Å². The predicted octanol–water partition coefficient (Wildman–Crippen LogP) is 2.03. The number of hydrogen-bond donors (Lipinski definition) is 0. The highest BCUT2D eigenvalue weighted by atomic mass is 35.5. The van der Waals surface area contributed by atoms with E-state index in [-0.39, 0.29) is 0 Å². The number of halogens is 1. The van der Waals surface area contributed by atoms with E-state index in [0.717, 1.165) is 18.3 Å². The molecule has 0 radical (unpaired) electrons. The van der Waals surface area contributed by atoms with Crippen molar-refractivity contribution in [1.82, 2.24) is 0 Å². The monoisotopic (exact) mass is 142 g/mol. The summed E-state index contributed by atoms with van der Waals surface area (Å²) in [6.07, 6.45) is 3.48. The van der Waals surface area contributed by atoms with Gasteiger partial charge < -0.3 is 0 Å². The Hall–Kier alpha value is -0.560. The SMILES string of the molecule is CC1=C(C=O)C(Cl)=CC1. The first-order valence-corrected chi connectivity index (χ1v) is 3.14. The molecule has 0 heterocycles. The quantitative estimate of drug-likeness (QED) is 0.512. The fourth-order valence-electron chi connectivity index (χ4n) is 0.823. The minimum atomic E-state index is 0.600. The van der Waals surface area contributed by atoms with E-state index in [4.69, 9.17) is 11.6 Å². The second-order valence-corrected chi connectivity index (χ2v) is 2.48. The van der Waals surface area contributed by atoms with Crippen molar-refractivity contribution < 1.29 is 4.79 Å². The largest absolute Gasteiger partial charge is 0.298 e. The van der Waals surface area contributed by atoms with Crippen LogP contribution in [0.4, 0.5) is 0 Å². The van der Waals surface area contributed by atoms with E-state index in [1.807, 2.05) is 13.0 Å². The van der Waals surface area contributed by atoms with Crippen molar-refractivity contribution in [3.8, 4) is 0 Å². The third-order valence-electron chi connectivity index (χ3n) is 1.42. The topological polar surface area (TPSA) is 17.1 Å². The first-order valence-electron chi connectivity index (χ1n) is 2.76. The Morgan fingerprint density at radius 3 is 2.67 bits per heavy atom. The number of rotatable bonds is 1. The summed E-state index contributed by atoms with van der Waals surface area (Å²) >= 11 is 5.65. The zero-order valence-electron chi connectivity index (χ0n) is 5.15. The molecule has 1 nitrogen and oxygen atoms in total. The molecule has 1 rings (SSSR count). The van der Waals surface area contributed by atoms with Crippen LogP contribution in [0, 0.1) is 0 Å². The normalized spacial score (nSPS) is 18.2. The number of carbonyl (C=O) groups excluding carboxylic acids is 1. The molecule has 0 saturated heterocycles. The lowest BCUT2D eigenvalue weighted by Crippen LogP contribution is -1.82. The Balaban J connectivity index is 2.96. The van der Waals surface area contributed by atoms with Gasteiger partial charge in [-0.25, -0.2) is 0 Å². The van der Waals surface area contributed by atoms with Gasteiger partial charge in [0.2, 0.25) is 0 Å². The lowest BCUT2D eigenvalue weighted by molar-refractivity contribution is -0.104. The highest BCUT2D eigenvalue weighted by Crippen LogP contribution is 2.26. The predicted molar refractivity (Wildman–Crippen MR) is 37.3 cm³/mol. The second-order valence-electron chi connectivity index (χ2n) is 2.07. The molecule has 0 N–H and O–H groups in total. The number of carbonyl (C=O) groups is 1. The first-order chi connectivity index (χ1) is 4.25. The molecule has 48 valence electrons. The van der Waals surface area contributed by atoms with Crippen LogP contribution in [0.5, 0.6) is 0 Å². The van der Waals surface area contributed by atoms with E-state index in [1.165, 1.54) is 0 Å². The molecule has 0 aromatic rings. The minimum absolute atomic E-state index is 0.600. The van der Waals surface area contributed by atoms with Gasteiger partial charge >= 0.3 is 0 Å². The highest BCUT2D eigenvalue weighted by molar-refractivity contribution is 6.34. The maximum absolute atomic E-state index is 10.2. The Morgan fingerprint density at radius 1 is 1.78 bits per heavy atom. The molecule has 1 aliphatic rings. The van der Waals surface area contributed by atoms with Crippen molar-refractivity contribution in [3.05, 3.63) is 22.3 Å². The Bertz CT molecular complexity index is 201. The average molecular weight is 143 g/mol. The molecule has 2 heteroatoms. The van der Waals surface area contributed by atoms with E-state index in [0.29, 0.717) is 10.6 Å². The molecule has 0 saturated carbocycles. The van der Waals surface area contributed by atoms with Crippen molar-refractivity contribution in [3.63, 3.8) is 0 Å². The van der Waals surface area contributed by atoms with E-state index in [9.17, 15) is 4.79 Å². The van der Waals surface area contributed by atoms with Gasteiger partial charge in [-0.05, 0) is 13.3 Å². The summed E-state index contributed by atoms with van der Waals surface area (Å²) in [5.74, 6) is 0. The van der Waals surface area contributed by atoms with Gasteiger partial charge in [0.05, 0.1) is 0 Å². The van der Waals surface area contributed by atoms with Crippen molar-refractivity contribution in [2.75, 3.05) is 0 Å². The molecular formula is C7H7ClO. The highest BCUT2D eigenvalue weighted by Gasteiger charge is 2.10. The summed E-state index contributed by atoms with van der Waals surface area (Å²) in [6, 6.07) is 0. The van der Waals surface area contributed by atoms with Gasteiger partial charge in [0.25, 0.3) is 0 Å².